The molecule has 1 aliphatic heterocycles. The van der Waals surface area contributed by atoms with Crippen LogP contribution in [-0.2, 0) is 6.54 Å². The van der Waals surface area contributed by atoms with Crippen LogP contribution < -0.4 is 4.90 Å². The van der Waals surface area contributed by atoms with Crippen LogP contribution in [0.25, 0.3) is 11.0 Å². The molecule has 0 atom stereocenters. The van der Waals surface area contributed by atoms with Gasteiger partial charge >= 0.3 is 0 Å². The summed E-state index contributed by atoms with van der Waals surface area (Å²) in [6.45, 7) is 4.65. The summed E-state index contributed by atoms with van der Waals surface area (Å²) in [5.41, 5.74) is 2.03. The van der Waals surface area contributed by atoms with Crippen molar-refractivity contribution >= 4 is 16.9 Å². The molecule has 2 aromatic heterocycles. The second kappa shape index (κ2) is 5.96. The summed E-state index contributed by atoms with van der Waals surface area (Å²) in [6.07, 6.45) is 3.51. The van der Waals surface area contributed by atoms with Crippen molar-refractivity contribution in [2.75, 3.05) is 31.1 Å². The molecule has 3 heterocycles. The summed E-state index contributed by atoms with van der Waals surface area (Å²) < 4.78 is 13.0. The first kappa shape index (κ1) is 14.1. The van der Waals surface area contributed by atoms with Crippen molar-refractivity contribution in [1.82, 2.24) is 19.9 Å². The summed E-state index contributed by atoms with van der Waals surface area (Å²) in [5.74, 6) is 0.815. The molecule has 0 amide bonds. The Morgan fingerprint density at radius 1 is 1.00 bits per heavy atom. The number of nitrogens with zero attached hydrogens (tertiary/aromatic N) is 4. The van der Waals surface area contributed by atoms with Crippen molar-refractivity contribution in [2.45, 2.75) is 6.54 Å². The number of rotatable bonds is 3. The van der Waals surface area contributed by atoms with Crippen LogP contribution in [-0.4, -0.2) is 46.0 Å². The molecule has 6 heteroatoms. The number of hydrogen-bond donors (Lipinski definition) is 1. The van der Waals surface area contributed by atoms with Crippen molar-refractivity contribution < 1.29 is 4.39 Å². The highest BCUT2D eigenvalue weighted by Gasteiger charge is 2.20. The van der Waals surface area contributed by atoms with E-state index in [9.17, 15) is 4.39 Å². The van der Waals surface area contributed by atoms with E-state index in [2.05, 4.69) is 24.8 Å². The molecule has 0 aliphatic carbocycles. The van der Waals surface area contributed by atoms with Crippen molar-refractivity contribution in [3.05, 3.63) is 54.2 Å². The smallest absolute Gasteiger partial charge is 0.142 e. The molecular weight excluding hydrogens is 293 g/mol. The van der Waals surface area contributed by atoms with Crippen LogP contribution in [0.15, 0.2) is 42.9 Å². The molecule has 0 bridgehead atoms. The van der Waals surface area contributed by atoms with Crippen molar-refractivity contribution in [3.8, 4) is 0 Å². The molecule has 1 saturated heterocycles. The van der Waals surface area contributed by atoms with Gasteiger partial charge in [-0.25, -0.2) is 14.4 Å². The lowest BCUT2D eigenvalue weighted by atomic mass is 10.2. The van der Waals surface area contributed by atoms with E-state index >= 15 is 0 Å². The number of hydrogen-bond acceptors (Lipinski definition) is 4. The van der Waals surface area contributed by atoms with Gasteiger partial charge in [0.15, 0.2) is 0 Å². The Kier molecular flexibility index (Phi) is 3.67. The van der Waals surface area contributed by atoms with Crippen molar-refractivity contribution in [1.29, 1.82) is 0 Å². The van der Waals surface area contributed by atoms with E-state index in [1.807, 2.05) is 24.4 Å². The van der Waals surface area contributed by atoms with Gasteiger partial charge in [0, 0.05) is 38.9 Å². The third-order valence-corrected chi connectivity index (χ3v) is 4.32. The first-order valence-corrected chi connectivity index (χ1v) is 7.79. The molecule has 1 aromatic carbocycles. The molecule has 0 spiro atoms. The van der Waals surface area contributed by atoms with Crippen LogP contribution in [0.5, 0.6) is 0 Å². The number of aromatic amines is 1. The van der Waals surface area contributed by atoms with Gasteiger partial charge < -0.3 is 9.88 Å². The second-order valence-corrected chi connectivity index (χ2v) is 5.83. The Bertz CT molecular complexity index is 790. The van der Waals surface area contributed by atoms with Gasteiger partial charge in [-0.1, -0.05) is 12.1 Å². The molecule has 1 fully saturated rings. The van der Waals surface area contributed by atoms with Crippen molar-refractivity contribution in [2.24, 2.45) is 0 Å². The van der Waals surface area contributed by atoms with Crippen LogP contribution in [0.3, 0.4) is 0 Å². The fourth-order valence-electron chi connectivity index (χ4n) is 3.08. The molecule has 0 radical (unpaired) electrons. The van der Waals surface area contributed by atoms with E-state index in [1.54, 1.807) is 6.33 Å². The Labute approximate surface area is 133 Å². The zero-order valence-electron chi connectivity index (χ0n) is 12.7. The Balaban J connectivity index is 1.43. The Hall–Kier alpha value is -2.47. The molecular formula is C17H18FN5. The zero-order valence-corrected chi connectivity index (χ0v) is 12.7. The average molecular weight is 311 g/mol. The minimum Gasteiger partial charge on any atom is -0.353 e. The van der Waals surface area contributed by atoms with Gasteiger partial charge in [0.25, 0.3) is 0 Å². The van der Waals surface area contributed by atoms with Crippen molar-refractivity contribution in [3.63, 3.8) is 0 Å². The maximum absolute atomic E-state index is 13.0. The third-order valence-electron chi connectivity index (χ3n) is 4.32. The minimum absolute atomic E-state index is 0.183. The lowest BCUT2D eigenvalue weighted by Crippen LogP contribution is -2.46. The fraction of sp³-hybridized carbons (Fsp3) is 0.294. The summed E-state index contributed by atoms with van der Waals surface area (Å²) in [4.78, 5) is 16.5. The highest BCUT2D eigenvalue weighted by Crippen LogP contribution is 2.23. The Morgan fingerprint density at radius 2 is 1.78 bits per heavy atom. The first-order valence-electron chi connectivity index (χ1n) is 7.79. The molecule has 4 rings (SSSR count). The van der Waals surface area contributed by atoms with E-state index in [4.69, 9.17) is 0 Å². The molecule has 1 N–H and O–H groups in total. The highest BCUT2D eigenvalue weighted by molar-refractivity contribution is 5.87. The van der Waals surface area contributed by atoms with Gasteiger partial charge in [0.1, 0.15) is 23.6 Å². The lowest BCUT2D eigenvalue weighted by Gasteiger charge is -2.35. The zero-order chi connectivity index (χ0) is 15.6. The van der Waals surface area contributed by atoms with Crippen LogP contribution in [0.2, 0.25) is 0 Å². The number of fused-ring (bicyclic) bond motifs is 1. The van der Waals surface area contributed by atoms with Crippen LogP contribution >= 0.6 is 0 Å². The van der Waals surface area contributed by atoms with E-state index in [0.717, 1.165) is 55.1 Å². The molecule has 118 valence electrons. The van der Waals surface area contributed by atoms with Gasteiger partial charge in [0.2, 0.25) is 0 Å². The van der Waals surface area contributed by atoms with E-state index in [1.165, 1.54) is 12.1 Å². The normalized spacial score (nSPS) is 16.1. The van der Waals surface area contributed by atoms with Gasteiger partial charge in [-0.3, -0.25) is 4.90 Å². The Morgan fingerprint density at radius 3 is 2.57 bits per heavy atom. The first-order chi connectivity index (χ1) is 11.3. The number of halogens is 1. The lowest BCUT2D eigenvalue weighted by molar-refractivity contribution is 0.249. The van der Waals surface area contributed by atoms with Gasteiger partial charge in [-0.05, 0) is 23.8 Å². The summed E-state index contributed by atoms with van der Waals surface area (Å²) >= 11 is 0. The highest BCUT2D eigenvalue weighted by atomic mass is 19.1. The molecule has 0 unspecified atom stereocenters. The second-order valence-electron chi connectivity index (χ2n) is 5.83. The molecule has 0 saturated carbocycles. The molecule has 1 aliphatic rings. The summed E-state index contributed by atoms with van der Waals surface area (Å²) in [7, 11) is 0. The molecule has 23 heavy (non-hydrogen) atoms. The monoisotopic (exact) mass is 311 g/mol. The number of piperazine rings is 1. The number of anilines is 1. The van der Waals surface area contributed by atoms with Crippen LogP contribution in [0.4, 0.5) is 10.2 Å². The van der Waals surface area contributed by atoms with Crippen LogP contribution in [0, 0.1) is 5.82 Å². The maximum atomic E-state index is 13.0. The summed E-state index contributed by atoms with van der Waals surface area (Å²) in [6, 6.07) is 8.78. The van der Waals surface area contributed by atoms with E-state index in [-0.39, 0.29) is 5.82 Å². The van der Waals surface area contributed by atoms with E-state index in [0.29, 0.717) is 0 Å². The standard InChI is InChI=1S/C17H18FN5/c18-14-3-1-13(2-4-14)11-22-7-9-23(10-8-22)17-15-5-6-19-16(15)20-12-21-17/h1-6,12H,7-11H2,(H,19,20,21). The maximum Gasteiger partial charge on any atom is 0.142 e. The third kappa shape index (κ3) is 2.90. The number of benzene rings is 1. The van der Waals surface area contributed by atoms with Crippen LogP contribution in [0.1, 0.15) is 5.56 Å². The fourth-order valence-corrected chi connectivity index (χ4v) is 3.08. The number of nitrogens with one attached hydrogen (secondary N) is 1. The topological polar surface area (TPSA) is 48.1 Å². The number of H-pyrrole nitrogens is 1. The summed E-state index contributed by atoms with van der Waals surface area (Å²) in [5, 5.41) is 1.07. The largest absolute Gasteiger partial charge is 0.353 e. The van der Waals surface area contributed by atoms with Gasteiger partial charge in [0.05, 0.1) is 5.39 Å². The minimum atomic E-state index is -0.183. The predicted octanol–water partition coefficient (Wildman–Crippen LogP) is 2.42. The van der Waals surface area contributed by atoms with Gasteiger partial charge in [-0.15, -0.1) is 0 Å². The SMILES string of the molecule is Fc1ccc(CN2CCN(c3ncnc4[nH]ccc34)CC2)cc1. The quantitative estimate of drug-likeness (QED) is 0.807. The predicted molar refractivity (Wildman–Crippen MR) is 87.8 cm³/mol. The molecule has 5 nitrogen and oxygen atoms in total. The number of aromatic nitrogens is 3. The average Bonchev–Trinajstić information content (AvgIpc) is 3.06. The van der Waals surface area contributed by atoms with Gasteiger partial charge in [-0.2, -0.15) is 0 Å². The molecule has 3 aromatic rings. The van der Waals surface area contributed by atoms with E-state index < -0.39 is 0 Å².